The van der Waals surface area contributed by atoms with Gasteiger partial charge >= 0.3 is 0 Å². The minimum Gasteiger partial charge on any atom is -0.493 e. The third kappa shape index (κ3) is 6.88. The van der Waals surface area contributed by atoms with Crippen LogP contribution in [0.25, 0.3) is 0 Å². The molecule has 1 fully saturated rings. The Morgan fingerprint density at radius 3 is 2.34 bits per heavy atom. The Morgan fingerprint density at radius 1 is 1.09 bits per heavy atom. The second-order valence-corrected chi connectivity index (χ2v) is 9.21. The molecule has 0 spiro atoms. The van der Waals surface area contributed by atoms with Gasteiger partial charge in [0.2, 0.25) is 5.91 Å². The average molecular weight is 483 g/mol. The first-order chi connectivity index (χ1) is 16.7. The van der Waals surface area contributed by atoms with Crippen LogP contribution in [0.3, 0.4) is 0 Å². The van der Waals surface area contributed by atoms with E-state index in [9.17, 15) is 9.59 Å². The highest BCUT2D eigenvalue weighted by Gasteiger charge is 2.28. The Kier molecular flexibility index (Phi) is 8.98. The van der Waals surface area contributed by atoms with Gasteiger partial charge < -0.3 is 25.4 Å². The first-order valence-corrected chi connectivity index (χ1v) is 12.2. The molecule has 3 N–H and O–H groups in total. The molecule has 8 nitrogen and oxygen atoms in total. The fourth-order valence-corrected chi connectivity index (χ4v) is 4.81. The lowest BCUT2D eigenvalue weighted by molar-refractivity contribution is -0.136. The topological polar surface area (TPSA) is 97.1 Å². The van der Waals surface area contributed by atoms with Crippen molar-refractivity contribution in [1.29, 1.82) is 0 Å². The van der Waals surface area contributed by atoms with Crippen LogP contribution in [0.1, 0.15) is 36.5 Å². The molecule has 2 aromatic rings. The predicted octanol–water partition coefficient (Wildman–Crippen LogP) is 3.53. The largest absolute Gasteiger partial charge is 0.493 e. The summed E-state index contributed by atoms with van der Waals surface area (Å²) in [5.41, 5.74) is 10.6. The van der Waals surface area contributed by atoms with E-state index in [1.54, 1.807) is 25.3 Å². The zero-order chi connectivity index (χ0) is 25.5. The highest BCUT2D eigenvalue weighted by atomic mass is 16.5. The van der Waals surface area contributed by atoms with Gasteiger partial charge in [-0.25, -0.2) is 0 Å². The Hall–Kier alpha value is -3.26. The summed E-state index contributed by atoms with van der Waals surface area (Å²) in [7, 11) is 1.54. The van der Waals surface area contributed by atoms with Crippen molar-refractivity contribution in [3.63, 3.8) is 0 Å². The van der Waals surface area contributed by atoms with Crippen molar-refractivity contribution in [3.8, 4) is 11.5 Å². The fraction of sp³-hybridized carbons (Fsp3) is 0.481. The number of nitrogens with one attached hydrogen (secondary N) is 1. The van der Waals surface area contributed by atoms with Crippen LogP contribution in [-0.2, 0) is 9.59 Å². The van der Waals surface area contributed by atoms with Crippen molar-refractivity contribution in [2.24, 2.45) is 0 Å². The number of piperidine rings is 1. The molecule has 35 heavy (non-hydrogen) atoms. The van der Waals surface area contributed by atoms with Gasteiger partial charge in [0.15, 0.2) is 18.1 Å². The van der Waals surface area contributed by atoms with Gasteiger partial charge in [-0.3, -0.25) is 14.5 Å². The first kappa shape index (κ1) is 26.3. The molecular formula is C27H38N4O4. The van der Waals surface area contributed by atoms with Gasteiger partial charge in [-0.1, -0.05) is 17.7 Å². The Bertz CT molecular complexity index is 1020. The smallest absolute Gasteiger partial charge is 0.260 e. The second-order valence-electron chi connectivity index (χ2n) is 9.21. The Balaban J connectivity index is 1.49. The summed E-state index contributed by atoms with van der Waals surface area (Å²) in [5, 5.41) is 3.08. The minimum atomic E-state index is -0.0635. The summed E-state index contributed by atoms with van der Waals surface area (Å²) in [6.07, 6.45) is 1.64. The summed E-state index contributed by atoms with van der Waals surface area (Å²) < 4.78 is 11.0. The molecule has 0 aliphatic carbocycles. The highest BCUT2D eigenvalue weighted by Crippen LogP contribution is 2.29. The number of methoxy groups -OCH3 is 1. The lowest BCUT2D eigenvalue weighted by atomic mass is 10.0. The summed E-state index contributed by atoms with van der Waals surface area (Å²) >= 11 is 0. The molecule has 3 rings (SSSR count). The lowest BCUT2D eigenvalue weighted by Gasteiger charge is -2.38. The summed E-state index contributed by atoms with van der Waals surface area (Å²) in [4.78, 5) is 29.6. The van der Waals surface area contributed by atoms with Gasteiger partial charge in [0.1, 0.15) is 0 Å². The average Bonchev–Trinajstić information content (AvgIpc) is 2.82. The maximum atomic E-state index is 12.9. The quantitative estimate of drug-likeness (QED) is 0.531. The first-order valence-electron chi connectivity index (χ1n) is 12.2. The third-order valence-corrected chi connectivity index (χ3v) is 6.51. The molecule has 0 aromatic heterocycles. The monoisotopic (exact) mass is 482 g/mol. The number of ether oxygens (including phenoxy) is 2. The molecule has 0 radical (unpaired) electrons. The normalized spacial score (nSPS) is 14.4. The van der Waals surface area contributed by atoms with Crippen LogP contribution in [-0.4, -0.2) is 67.6 Å². The van der Waals surface area contributed by atoms with Gasteiger partial charge in [0, 0.05) is 43.1 Å². The van der Waals surface area contributed by atoms with E-state index in [1.807, 2.05) is 25.7 Å². The van der Waals surface area contributed by atoms with Crippen molar-refractivity contribution < 1.29 is 19.1 Å². The van der Waals surface area contributed by atoms with E-state index in [1.165, 1.54) is 5.56 Å². The highest BCUT2D eigenvalue weighted by molar-refractivity contribution is 5.93. The SMILES string of the molecule is CCN(C(=O)COc1ccc(N)cc1OC)C1CCN(CC(=O)Nc2c(C)cc(C)cc2C)CC1. The number of nitrogens with two attached hydrogens (primary N) is 1. The van der Waals surface area contributed by atoms with Gasteiger partial charge in [-0.2, -0.15) is 0 Å². The number of anilines is 2. The maximum absolute atomic E-state index is 12.9. The van der Waals surface area contributed by atoms with Gasteiger partial charge in [-0.05, 0) is 63.8 Å². The fourth-order valence-electron chi connectivity index (χ4n) is 4.81. The third-order valence-electron chi connectivity index (χ3n) is 6.51. The van der Waals surface area contributed by atoms with E-state index >= 15 is 0 Å². The van der Waals surface area contributed by atoms with E-state index in [0.717, 1.165) is 42.7 Å². The predicted molar refractivity (Wildman–Crippen MR) is 139 cm³/mol. The van der Waals surface area contributed by atoms with Gasteiger partial charge in [0.25, 0.3) is 5.91 Å². The van der Waals surface area contributed by atoms with Gasteiger partial charge in [0.05, 0.1) is 13.7 Å². The summed E-state index contributed by atoms with van der Waals surface area (Å²) in [6, 6.07) is 9.39. The number of benzene rings is 2. The molecular weight excluding hydrogens is 444 g/mol. The van der Waals surface area contributed by atoms with Crippen LogP contribution in [0.4, 0.5) is 11.4 Å². The van der Waals surface area contributed by atoms with Crippen LogP contribution >= 0.6 is 0 Å². The van der Waals surface area contributed by atoms with Crippen molar-refractivity contribution in [2.45, 2.75) is 46.6 Å². The van der Waals surface area contributed by atoms with E-state index in [2.05, 4.69) is 29.3 Å². The van der Waals surface area contributed by atoms with Crippen molar-refractivity contribution in [3.05, 3.63) is 47.0 Å². The number of likely N-dealkylation sites (tertiary alicyclic amines) is 1. The molecule has 190 valence electrons. The van der Waals surface area contributed by atoms with Crippen molar-refractivity contribution in [1.82, 2.24) is 9.80 Å². The van der Waals surface area contributed by atoms with E-state index in [4.69, 9.17) is 15.2 Å². The lowest BCUT2D eigenvalue weighted by Crippen LogP contribution is -2.49. The van der Waals surface area contributed by atoms with Crippen LogP contribution < -0.4 is 20.5 Å². The maximum Gasteiger partial charge on any atom is 0.260 e. The molecule has 1 aliphatic rings. The van der Waals surface area contributed by atoms with Crippen molar-refractivity contribution in [2.75, 3.05) is 50.9 Å². The zero-order valence-electron chi connectivity index (χ0n) is 21.5. The number of nitrogen functional groups attached to an aromatic ring is 1. The number of nitrogens with zero attached hydrogens (tertiary/aromatic N) is 2. The Labute approximate surface area is 208 Å². The van der Waals surface area contributed by atoms with Gasteiger partial charge in [-0.15, -0.1) is 0 Å². The zero-order valence-corrected chi connectivity index (χ0v) is 21.5. The standard InChI is InChI=1S/C27H38N4O4/c1-6-31(26(33)17-35-23-8-7-21(28)15-24(23)34-5)22-9-11-30(12-10-22)16-25(32)29-27-19(3)13-18(2)14-20(27)4/h7-8,13-15,22H,6,9-12,16-17,28H2,1-5H3,(H,29,32). The summed E-state index contributed by atoms with van der Waals surface area (Å²) in [6.45, 7) is 10.5. The minimum absolute atomic E-state index is 0.00669. The number of carbonyl (C=O) groups excluding carboxylic acids is 2. The van der Waals surface area contributed by atoms with E-state index < -0.39 is 0 Å². The number of rotatable bonds is 9. The van der Waals surface area contributed by atoms with Crippen LogP contribution in [0.5, 0.6) is 11.5 Å². The van der Waals surface area contributed by atoms with Crippen LogP contribution in [0.2, 0.25) is 0 Å². The summed E-state index contributed by atoms with van der Waals surface area (Å²) in [5.74, 6) is 0.926. The molecule has 1 aliphatic heterocycles. The number of aryl methyl sites for hydroxylation is 3. The number of hydrogen-bond acceptors (Lipinski definition) is 6. The van der Waals surface area contributed by atoms with E-state index in [0.29, 0.717) is 30.3 Å². The number of likely N-dealkylation sites (N-methyl/N-ethyl adjacent to an activating group) is 1. The van der Waals surface area contributed by atoms with Crippen LogP contribution in [0.15, 0.2) is 30.3 Å². The molecule has 1 heterocycles. The molecule has 0 unspecified atom stereocenters. The Morgan fingerprint density at radius 2 is 1.74 bits per heavy atom. The molecule has 1 saturated heterocycles. The number of amides is 2. The number of carbonyl (C=O) groups is 2. The molecule has 8 heteroatoms. The molecule has 0 bridgehead atoms. The molecule has 2 aromatic carbocycles. The van der Waals surface area contributed by atoms with E-state index in [-0.39, 0.29) is 24.5 Å². The molecule has 0 atom stereocenters. The van der Waals surface area contributed by atoms with Crippen LogP contribution in [0, 0.1) is 20.8 Å². The molecule has 0 saturated carbocycles. The molecule has 2 amide bonds. The van der Waals surface area contributed by atoms with Crippen molar-refractivity contribution >= 4 is 23.2 Å². The number of hydrogen-bond donors (Lipinski definition) is 2. The second kappa shape index (κ2) is 11.9.